The van der Waals surface area contributed by atoms with Crippen molar-refractivity contribution >= 4 is 29.9 Å². The van der Waals surface area contributed by atoms with Crippen molar-refractivity contribution in [3.8, 4) is 0 Å². The van der Waals surface area contributed by atoms with Crippen molar-refractivity contribution in [1.29, 1.82) is 0 Å². The number of piperidine rings is 1. The van der Waals surface area contributed by atoms with E-state index in [-0.39, 0.29) is 30.4 Å². The molecule has 3 unspecified atom stereocenters. The van der Waals surface area contributed by atoms with Gasteiger partial charge in [0.25, 0.3) is 5.91 Å². The molecule has 0 bridgehead atoms. The highest BCUT2D eigenvalue weighted by Gasteiger charge is 2.29. The van der Waals surface area contributed by atoms with Crippen LogP contribution in [0.2, 0.25) is 5.02 Å². The van der Waals surface area contributed by atoms with Crippen LogP contribution in [0.5, 0.6) is 0 Å². The molecule has 3 atom stereocenters. The number of amides is 1. The number of benzene rings is 1. The molecule has 2 N–H and O–H groups in total. The molecular weight excluding hydrogens is 295 g/mol. The van der Waals surface area contributed by atoms with Crippen LogP contribution in [0.25, 0.3) is 0 Å². The lowest BCUT2D eigenvalue weighted by atomic mass is 9.89. The molecule has 3 nitrogen and oxygen atoms in total. The Balaban J connectivity index is 0.00000200. The molecule has 1 heterocycles. The number of hydrogen-bond acceptors (Lipinski definition) is 2. The maximum atomic E-state index is 12.4. The molecule has 1 aromatic rings. The zero-order chi connectivity index (χ0) is 14.0. The third-order valence-electron chi connectivity index (χ3n) is 3.95. The van der Waals surface area contributed by atoms with Gasteiger partial charge in [-0.15, -0.1) is 12.4 Å². The van der Waals surface area contributed by atoms with E-state index in [0.29, 0.717) is 16.5 Å². The van der Waals surface area contributed by atoms with Crippen LogP contribution in [0.3, 0.4) is 0 Å². The summed E-state index contributed by atoms with van der Waals surface area (Å²) >= 11 is 6.20. The van der Waals surface area contributed by atoms with Gasteiger partial charge in [-0.1, -0.05) is 30.7 Å². The molecule has 20 heavy (non-hydrogen) atoms. The summed E-state index contributed by atoms with van der Waals surface area (Å²) in [6.07, 6.45) is 1.08. The molecule has 0 aromatic heterocycles. The maximum absolute atomic E-state index is 12.4. The number of rotatable bonds is 2. The van der Waals surface area contributed by atoms with Crippen LogP contribution in [0.15, 0.2) is 18.2 Å². The Morgan fingerprint density at radius 1 is 1.40 bits per heavy atom. The summed E-state index contributed by atoms with van der Waals surface area (Å²) in [7, 11) is 0. The minimum Gasteiger partial charge on any atom is -0.347 e. The first-order chi connectivity index (χ1) is 9.00. The topological polar surface area (TPSA) is 41.1 Å². The number of carbonyl (C=O) groups is 1. The first kappa shape index (κ1) is 17.3. The number of hydrogen-bond donors (Lipinski definition) is 2. The second-order valence-electron chi connectivity index (χ2n) is 5.44. The smallest absolute Gasteiger partial charge is 0.253 e. The highest BCUT2D eigenvalue weighted by Crippen LogP contribution is 2.22. The van der Waals surface area contributed by atoms with Gasteiger partial charge in [-0.3, -0.25) is 4.79 Å². The van der Waals surface area contributed by atoms with Crippen LogP contribution in [0.1, 0.15) is 36.2 Å². The zero-order valence-corrected chi connectivity index (χ0v) is 13.6. The number of nitrogens with one attached hydrogen (secondary N) is 2. The molecule has 2 rings (SSSR count). The first-order valence-corrected chi connectivity index (χ1v) is 7.18. The van der Waals surface area contributed by atoms with Gasteiger partial charge < -0.3 is 10.6 Å². The Kier molecular flexibility index (Phi) is 6.31. The van der Waals surface area contributed by atoms with Crippen molar-refractivity contribution in [3.63, 3.8) is 0 Å². The van der Waals surface area contributed by atoms with Crippen LogP contribution in [-0.2, 0) is 0 Å². The SMILES string of the molecule is Cc1cccc(C(=O)NC2C(C)CCNC2C)c1Cl.Cl. The van der Waals surface area contributed by atoms with Gasteiger partial charge in [0.1, 0.15) is 0 Å². The lowest BCUT2D eigenvalue weighted by Crippen LogP contribution is -2.55. The summed E-state index contributed by atoms with van der Waals surface area (Å²) in [5.74, 6) is 0.393. The molecule has 1 amide bonds. The van der Waals surface area contributed by atoms with Gasteiger partial charge in [0.15, 0.2) is 0 Å². The largest absolute Gasteiger partial charge is 0.347 e. The Labute approximate surface area is 131 Å². The molecule has 112 valence electrons. The van der Waals surface area contributed by atoms with Crippen LogP contribution in [0.4, 0.5) is 0 Å². The second-order valence-corrected chi connectivity index (χ2v) is 5.82. The van der Waals surface area contributed by atoms with Crippen molar-refractivity contribution < 1.29 is 4.79 Å². The highest BCUT2D eigenvalue weighted by atomic mass is 35.5. The van der Waals surface area contributed by atoms with E-state index < -0.39 is 0 Å². The fraction of sp³-hybridized carbons (Fsp3) is 0.533. The summed E-state index contributed by atoms with van der Waals surface area (Å²) in [6, 6.07) is 5.99. The lowest BCUT2D eigenvalue weighted by Gasteiger charge is -2.36. The molecule has 5 heteroatoms. The Morgan fingerprint density at radius 3 is 2.75 bits per heavy atom. The van der Waals surface area contributed by atoms with Gasteiger partial charge in [-0.2, -0.15) is 0 Å². The summed E-state index contributed by atoms with van der Waals surface area (Å²) in [6.45, 7) is 7.21. The van der Waals surface area contributed by atoms with Gasteiger partial charge in [0.05, 0.1) is 10.6 Å². The third kappa shape index (κ3) is 3.66. The first-order valence-electron chi connectivity index (χ1n) is 6.80. The zero-order valence-electron chi connectivity index (χ0n) is 12.1. The number of aryl methyl sites for hydroxylation is 1. The van der Waals surface area contributed by atoms with Gasteiger partial charge in [-0.05, 0) is 44.4 Å². The Morgan fingerprint density at radius 2 is 2.10 bits per heavy atom. The molecule has 1 aliphatic heterocycles. The minimum absolute atomic E-state index is 0. The average Bonchev–Trinajstić information content (AvgIpc) is 2.37. The van der Waals surface area contributed by atoms with Crippen molar-refractivity contribution in [3.05, 3.63) is 34.3 Å². The summed E-state index contributed by atoms with van der Waals surface area (Å²) in [4.78, 5) is 12.4. The van der Waals surface area contributed by atoms with E-state index in [0.717, 1.165) is 18.5 Å². The second kappa shape index (κ2) is 7.30. The van der Waals surface area contributed by atoms with Crippen molar-refractivity contribution in [2.45, 2.75) is 39.3 Å². The van der Waals surface area contributed by atoms with Gasteiger partial charge in [0, 0.05) is 12.1 Å². The fourth-order valence-electron chi connectivity index (χ4n) is 2.66. The van der Waals surface area contributed by atoms with E-state index in [4.69, 9.17) is 11.6 Å². The normalized spacial score (nSPS) is 25.7. The van der Waals surface area contributed by atoms with Crippen molar-refractivity contribution in [2.75, 3.05) is 6.54 Å². The highest BCUT2D eigenvalue weighted by molar-refractivity contribution is 6.34. The molecule has 0 spiro atoms. The average molecular weight is 317 g/mol. The van der Waals surface area contributed by atoms with Crippen molar-refractivity contribution in [2.24, 2.45) is 5.92 Å². The van der Waals surface area contributed by atoms with Gasteiger partial charge in [0.2, 0.25) is 0 Å². The molecule has 0 radical (unpaired) electrons. The maximum Gasteiger partial charge on any atom is 0.253 e. The predicted molar refractivity (Wildman–Crippen MR) is 85.9 cm³/mol. The molecule has 1 aromatic carbocycles. The van der Waals surface area contributed by atoms with Crippen molar-refractivity contribution in [1.82, 2.24) is 10.6 Å². The van der Waals surface area contributed by atoms with Gasteiger partial charge in [-0.25, -0.2) is 0 Å². The minimum atomic E-state index is -0.0823. The van der Waals surface area contributed by atoms with Gasteiger partial charge >= 0.3 is 0 Å². The molecule has 0 saturated carbocycles. The van der Waals surface area contributed by atoms with Crippen LogP contribution < -0.4 is 10.6 Å². The quantitative estimate of drug-likeness (QED) is 0.879. The molecule has 1 aliphatic rings. The molecule has 1 fully saturated rings. The fourth-order valence-corrected chi connectivity index (χ4v) is 2.87. The standard InChI is InChI=1S/C15H21ClN2O.ClH/c1-9-5-4-6-12(13(9)16)15(19)18-14-10(2)7-8-17-11(14)3;/h4-6,10-11,14,17H,7-8H2,1-3H3,(H,18,19);1H. The lowest BCUT2D eigenvalue weighted by molar-refractivity contribution is 0.0897. The van der Waals surface area contributed by atoms with Crippen LogP contribution >= 0.6 is 24.0 Å². The Hall–Kier alpha value is -0.770. The van der Waals surface area contributed by atoms with E-state index in [1.165, 1.54) is 0 Å². The molecule has 0 aliphatic carbocycles. The summed E-state index contributed by atoms with van der Waals surface area (Å²) < 4.78 is 0. The predicted octanol–water partition coefficient (Wildman–Crippen LogP) is 3.19. The Bertz CT molecular complexity index is 469. The molecular formula is C15H22Cl2N2O. The van der Waals surface area contributed by atoms with E-state index in [9.17, 15) is 4.79 Å². The third-order valence-corrected chi connectivity index (χ3v) is 4.45. The monoisotopic (exact) mass is 316 g/mol. The summed E-state index contributed by atoms with van der Waals surface area (Å²) in [5, 5.41) is 7.06. The number of halogens is 2. The number of carbonyl (C=O) groups excluding carboxylic acids is 1. The molecule has 1 saturated heterocycles. The summed E-state index contributed by atoms with van der Waals surface area (Å²) in [5.41, 5.74) is 1.49. The van der Waals surface area contributed by atoms with Crippen LogP contribution in [0, 0.1) is 12.8 Å². The van der Waals surface area contributed by atoms with E-state index >= 15 is 0 Å². The van der Waals surface area contributed by atoms with Crippen LogP contribution in [-0.4, -0.2) is 24.5 Å². The van der Waals surface area contributed by atoms with E-state index in [2.05, 4.69) is 24.5 Å². The van der Waals surface area contributed by atoms with E-state index in [1.807, 2.05) is 19.1 Å². The van der Waals surface area contributed by atoms with E-state index in [1.54, 1.807) is 6.07 Å².